The Morgan fingerprint density at radius 1 is 1.41 bits per heavy atom. The van der Waals surface area contributed by atoms with Crippen molar-refractivity contribution in [1.82, 2.24) is 15.5 Å². The number of hydrogen-bond acceptors (Lipinski definition) is 3. The third-order valence-corrected chi connectivity index (χ3v) is 4.98. The SMILES string of the molecule is CNC1CC(C(=O)N2CC[C@]3(CCNC3)C2)C1. The van der Waals surface area contributed by atoms with E-state index < -0.39 is 0 Å². The summed E-state index contributed by atoms with van der Waals surface area (Å²) < 4.78 is 0. The van der Waals surface area contributed by atoms with Crippen LogP contribution in [-0.2, 0) is 4.79 Å². The van der Waals surface area contributed by atoms with Crippen molar-refractivity contribution < 1.29 is 4.79 Å². The Labute approximate surface area is 103 Å². The zero-order valence-electron chi connectivity index (χ0n) is 10.7. The minimum atomic E-state index is 0.303. The molecule has 0 unspecified atom stereocenters. The number of hydrogen-bond donors (Lipinski definition) is 2. The Morgan fingerprint density at radius 2 is 2.24 bits per heavy atom. The standard InChI is InChI=1S/C13H23N3O/c1-14-11-6-10(7-11)12(17)16-5-3-13(9-16)2-4-15-8-13/h10-11,14-15H,2-9H2,1H3/t10?,11?,13-/m0/s1. The number of carbonyl (C=O) groups is 1. The molecule has 0 bridgehead atoms. The molecule has 4 heteroatoms. The Balaban J connectivity index is 1.54. The molecule has 4 nitrogen and oxygen atoms in total. The molecule has 1 aliphatic carbocycles. The molecule has 2 saturated heterocycles. The molecule has 0 aromatic heterocycles. The van der Waals surface area contributed by atoms with Gasteiger partial charge in [-0.3, -0.25) is 4.79 Å². The van der Waals surface area contributed by atoms with Gasteiger partial charge in [-0.1, -0.05) is 0 Å². The van der Waals surface area contributed by atoms with E-state index in [4.69, 9.17) is 0 Å². The summed E-state index contributed by atoms with van der Waals surface area (Å²) >= 11 is 0. The molecule has 2 heterocycles. The van der Waals surface area contributed by atoms with Crippen LogP contribution in [-0.4, -0.2) is 50.1 Å². The Bertz CT molecular complexity index is 306. The van der Waals surface area contributed by atoms with Crippen molar-refractivity contribution in [2.24, 2.45) is 11.3 Å². The second-order valence-electron chi connectivity index (χ2n) is 6.09. The zero-order valence-corrected chi connectivity index (χ0v) is 10.7. The maximum atomic E-state index is 12.3. The summed E-state index contributed by atoms with van der Waals surface area (Å²) in [5, 5.41) is 6.68. The van der Waals surface area contributed by atoms with Gasteiger partial charge in [0, 0.05) is 37.0 Å². The molecule has 0 aromatic rings. The average Bonchev–Trinajstić information content (AvgIpc) is 2.88. The van der Waals surface area contributed by atoms with Gasteiger partial charge in [0.15, 0.2) is 0 Å². The summed E-state index contributed by atoms with van der Waals surface area (Å²) in [6, 6.07) is 0.577. The smallest absolute Gasteiger partial charge is 0.225 e. The van der Waals surface area contributed by atoms with Gasteiger partial charge in [-0.2, -0.15) is 0 Å². The van der Waals surface area contributed by atoms with Crippen LogP contribution in [0.15, 0.2) is 0 Å². The zero-order chi connectivity index (χ0) is 11.9. The molecule has 3 fully saturated rings. The Morgan fingerprint density at radius 3 is 2.88 bits per heavy atom. The van der Waals surface area contributed by atoms with E-state index in [-0.39, 0.29) is 0 Å². The fraction of sp³-hybridized carbons (Fsp3) is 0.923. The van der Waals surface area contributed by atoms with Gasteiger partial charge >= 0.3 is 0 Å². The minimum Gasteiger partial charge on any atom is -0.342 e. The lowest BCUT2D eigenvalue weighted by atomic mass is 9.79. The van der Waals surface area contributed by atoms with E-state index in [1.807, 2.05) is 7.05 Å². The third-order valence-electron chi connectivity index (χ3n) is 4.98. The summed E-state index contributed by atoms with van der Waals surface area (Å²) in [6.45, 7) is 4.23. The van der Waals surface area contributed by atoms with Gasteiger partial charge in [0.1, 0.15) is 0 Å². The van der Waals surface area contributed by atoms with Crippen LogP contribution >= 0.6 is 0 Å². The summed E-state index contributed by atoms with van der Waals surface area (Å²) in [5.41, 5.74) is 0.418. The molecule has 1 atom stereocenters. The average molecular weight is 237 g/mol. The molecule has 1 saturated carbocycles. The number of carbonyl (C=O) groups excluding carboxylic acids is 1. The van der Waals surface area contributed by atoms with E-state index >= 15 is 0 Å². The van der Waals surface area contributed by atoms with Crippen molar-refractivity contribution >= 4 is 5.91 Å². The fourth-order valence-corrected chi connectivity index (χ4v) is 3.58. The van der Waals surface area contributed by atoms with Crippen LogP contribution < -0.4 is 10.6 Å². The number of nitrogens with zero attached hydrogens (tertiary/aromatic N) is 1. The Kier molecular flexibility index (Phi) is 2.87. The first-order valence-corrected chi connectivity index (χ1v) is 6.89. The minimum absolute atomic E-state index is 0.303. The van der Waals surface area contributed by atoms with Crippen LogP contribution in [0, 0.1) is 11.3 Å². The van der Waals surface area contributed by atoms with E-state index in [0.29, 0.717) is 23.3 Å². The van der Waals surface area contributed by atoms with E-state index in [2.05, 4.69) is 15.5 Å². The highest BCUT2D eigenvalue weighted by atomic mass is 16.2. The molecular weight excluding hydrogens is 214 g/mol. The number of likely N-dealkylation sites (tertiary alicyclic amines) is 1. The first kappa shape index (κ1) is 11.5. The largest absolute Gasteiger partial charge is 0.342 e. The van der Waals surface area contributed by atoms with E-state index in [1.54, 1.807) is 0 Å². The summed E-state index contributed by atoms with van der Waals surface area (Å²) in [4.78, 5) is 14.4. The normalized spacial score (nSPS) is 40.9. The second kappa shape index (κ2) is 4.25. The van der Waals surface area contributed by atoms with Crippen molar-refractivity contribution in [2.75, 3.05) is 33.2 Å². The van der Waals surface area contributed by atoms with Crippen LogP contribution in [0.2, 0.25) is 0 Å². The Hall–Kier alpha value is -0.610. The first-order valence-electron chi connectivity index (χ1n) is 6.89. The van der Waals surface area contributed by atoms with Crippen LogP contribution in [0.25, 0.3) is 0 Å². The molecular formula is C13H23N3O. The molecule has 96 valence electrons. The van der Waals surface area contributed by atoms with Crippen LogP contribution in [0.5, 0.6) is 0 Å². The maximum Gasteiger partial charge on any atom is 0.225 e. The van der Waals surface area contributed by atoms with Gasteiger partial charge in [0.2, 0.25) is 5.91 Å². The predicted octanol–water partition coefficient (Wildman–Crippen LogP) is 0.196. The molecule has 3 rings (SSSR count). The molecule has 3 aliphatic rings. The highest BCUT2D eigenvalue weighted by Gasteiger charge is 2.44. The lowest BCUT2D eigenvalue weighted by Crippen LogP contribution is -2.47. The van der Waals surface area contributed by atoms with Gasteiger partial charge in [-0.15, -0.1) is 0 Å². The van der Waals surface area contributed by atoms with Gasteiger partial charge in [0.05, 0.1) is 0 Å². The van der Waals surface area contributed by atoms with Crippen LogP contribution in [0.1, 0.15) is 25.7 Å². The molecule has 1 amide bonds. The summed E-state index contributed by atoms with van der Waals surface area (Å²) in [5.74, 6) is 0.720. The molecule has 2 aliphatic heterocycles. The fourth-order valence-electron chi connectivity index (χ4n) is 3.58. The van der Waals surface area contributed by atoms with Crippen molar-refractivity contribution in [2.45, 2.75) is 31.7 Å². The predicted molar refractivity (Wildman–Crippen MR) is 66.7 cm³/mol. The van der Waals surface area contributed by atoms with Gasteiger partial charge in [-0.05, 0) is 39.3 Å². The maximum absolute atomic E-state index is 12.3. The van der Waals surface area contributed by atoms with Gasteiger partial charge < -0.3 is 15.5 Å². The first-order chi connectivity index (χ1) is 8.22. The number of amides is 1. The molecule has 2 N–H and O–H groups in total. The molecule has 1 spiro atoms. The van der Waals surface area contributed by atoms with Crippen LogP contribution in [0.4, 0.5) is 0 Å². The summed E-state index contributed by atoms with van der Waals surface area (Å²) in [6.07, 6.45) is 4.53. The third kappa shape index (κ3) is 1.97. The highest BCUT2D eigenvalue weighted by Crippen LogP contribution is 2.38. The number of rotatable bonds is 2. The van der Waals surface area contributed by atoms with Gasteiger partial charge in [0.25, 0.3) is 0 Å². The lowest BCUT2D eigenvalue weighted by Gasteiger charge is -2.36. The molecule has 0 aromatic carbocycles. The van der Waals surface area contributed by atoms with E-state index in [0.717, 1.165) is 39.0 Å². The monoisotopic (exact) mass is 237 g/mol. The lowest BCUT2D eigenvalue weighted by molar-refractivity contribution is -0.138. The van der Waals surface area contributed by atoms with Gasteiger partial charge in [-0.25, -0.2) is 0 Å². The van der Waals surface area contributed by atoms with Crippen molar-refractivity contribution in [3.05, 3.63) is 0 Å². The quantitative estimate of drug-likeness (QED) is 0.721. The topological polar surface area (TPSA) is 44.4 Å². The van der Waals surface area contributed by atoms with Crippen molar-refractivity contribution in [1.29, 1.82) is 0 Å². The van der Waals surface area contributed by atoms with Crippen molar-refractivity contribution in [3.63, 3.8) is 0 Å². The number of nitrogens with one attached hydrogen (secondary N) is 2. The molecule has 17 heavy (non-hydrogen) atoms. The van der Waals surface area contributed by atoms with E-state index in [1.165, 1.54) is 12.8 Å². The van der Waals surface area contributed by atoms with E-state index in [9.17, 15) is 4.79 Å². The summed E-state index contributed by atoms with van der Waals surface area (Å²) in [7, 11) is 1.99. The van der Waals surface area contributed by atoms with Crippen molar-refractivity contribution in [3.8, 4) is 0 Å². The second-order valence-corrected chi connectivity index (χ2v) is 6.09. The van der Waals surface area contributed by atoms with Crippen LogP contribution in [0.3, 0.4) is 0 Å². The molecule has 0 radical (unpaired) electrons. The highest BCUT2D eigenvalue weighted by molar-refractivity contribution is 5.80.